The third-order valence-corrected chi connectivity index (χ3v) is 4.06. The number of hydrogen-bond donors (Lipinski definition) is 0. The Morgan fingerprint density at radius 2 is 2.00 bits per heavy atom. The van der Waals surface area contributed by atoms with Crippen LogP contribution in [0.15, 0.2) is 18.2 Å². The van der Waals surface area contributed by atoms with Crippen LogP contribution in [0, 0.1) is 5.92 Å². The molecule has 0 saturated heterocycles. The van der Waals surface area contributed by atoms with E-state index in [0.717, 1.165) is 41.3 Å². The Balaban J connectivity index is 2.52. The highest BCUT2D eigenvalue weighted by Crippen LogP contribution is 2.27. The monoisotopic (exact) mass is 284 g/mol. The lowest BCUT2D eigenvalue weighted by Crippen LogP contribution is -2.11. The van der Waals surface area contributed by atoms with E-state index in [1.54, 1.807) is 0 Å². The molecule has 0 aliphatic rings. The van der Waals surface area contributed by atoms with Crippen LogP contribution in [0.3, 0.4) is 0 Å². The number of alkyl halides is 1. The summed E-state index contributed by atoms with van der Waals surface area (Å²) in [5, 5.41) is 0.752. The van der Waals surface area contributed by atoms with Crippen molar-refractivity contribution < 1.29 is 0 Å². The first-order chi connectivity index (χ1) is 8.71. The van der Waals surface area contributed by atoms with Crippen molar-refractivity contribution in [3.8, 4) is 0 Å². The Morgan fingerprint density at radius 1 is 1.28 bits per heavy atom. The zero-order valence-electron chi connectivity index (χ0n) is 10.8. The number of hydrogen-bond acceptors (Lipinski definition) is 1. The first-order valence-corrected chi connectivity index (χ1v) is 7.32. The molecule has 0 bridgehead atoms. The van der Waals surface area contributed by atoms with Crippen molar-refractivity contribution in [3.63, 3.8) is 0 Å². The van der Waals surface area contributed by atoms with Gasteiger partial charge in [0.1, 0.15) is 5.82 Å². The summed E-state index contributed by atoms with van der Waals surface area (Å²) in [7, 11) is 0. The number of nitrogens with zero attached hydrogens (tertiary/aromatic N) is 2. The molecular weight excluding hydrogens is 267 g/mol. The highest BCUT2D eigenvalue weighted by Gasteiger charge is 2.15. The molecule has 98 valence electrons. The molecule has 0 atom stereocenters. The quantitative estimate of drug-likeness (QED) is 0.717. The summed E-state index contributed by atoms with van der Waals surface area (Å²) in [4.78, 5) is 4.56. The van der Waals surface area contributed by atoms with Crippen LogP contribution in [0.4, 0.5) is 0 Å². The molecule has 4 heteroatoms. The van der Waals surface area contributed by atoms with Gasteiger partial charge in [-0.25, -0.2) is 4.98 Å². The van der Waals surface area contributed by atoms with Gasteiger partial charge in [0.15, 0.2) is 0 Å². The fraction of sp³-hybridized carbons (Fsp3) is 0.500. The van der Waals surface area contributed by atoms with E-state index in [-0.39, 0.29) is 0 Å². The van der Waals surface area contributed by atoms with E-state index in [1.807, 2.05) is 18.2 Å². The Kier molecular flexibility index (Phi) is 4.52. The summed E-state index contributed by atoms with van der Waals surface area (Å²) in [5.41, 5.74) is 1.95. The highest BCUT2D eigenvalue weighted by atomic mass is 35.5. The number of benzene rings is 1. The predicted octanol–water partition coefficient (Wildman–Crippen LogP) is 4.86. The maximum absolute atomic E-state index is 6.30. The van der Waals surface area contributed by atoms with Crippen molar-refractivity contribution in [1.82, 2.24) is 9.55 Å². The molecule has 2 aromatic rings. The summed E-state index contributed by atoms with van der Waals surface area (Å²) in [6, 6.07) is 5.82. The van der Waals surface area contributed by atoms with Crippen LogP contribution in [0.2, 0.25) is 5.02 Å². The Hall–Kier alpha value is -0.730. The minimum Gasteiger partial charge on any atom is -0.325 e. The van der Waals surface area contributed by atoms with Gasteiger partial charge in [-0.15, -0.1) is 11.6 Å². The predicted molar refractivity (Wildman–Crippen MR) is 78.4 cm³/mol. The number of halogens is 2. The third-order valence-electron chi connectivity index (χ3n) is 3.51. The van der Waals surface area contributed by atoms with Crippen molar-refractivity contribution >= 4 is 34.2 Å². The van der Waals surface area contributed by atoms with E-state index < -0.39 is 0 Å². The van der Waals surface area contributed by atoms with Gasteiger partial charge in [0, 0.05) is 6.54 Å². The second kappa shape index (κ2) is 5.94. The smallest absolute Gasteiger partial charge is 0.124 e. The average molecular weight is 285 g/mol. The van der Waals surface area contributed by atoms with Crippen molar-refractivity contribution in [3.05, 3.63) is 29.0 Å². The van der Waals surface area contributed by atoms with Crippen LogP contribution < -0.4 is 0 Å². The van der Waals surface area contributed by atoms with Crippen molar-refractivity contribution in [2.45, 2.75) is 39.1 Å². The molecule has 0 aliphatic carbocycles. The van der Waals surface area contributed by atoms with Gasteiger partial charge >= 0.3 is 0 Å². The molecule has 18 heavy (non-hydrogen) atoms. The van der Waals surface area contributed by atoms with Gasteiger partial charge in [-0.1, -0.05) is 44.4 Å². The molecule has 0 radical (unpaired) electrons. The summed E-state index contributed by atoms with van der Waals surface area (Å²) < 4.78 is 2.18. The minimum absolute atomic E-state index is 0.422. The SMILES string of the molecule is CCC(CC)Cn1c(CCl)nc2cccc(Cl)c21. The Bertz CT molecular complexity index is 530. The number of para-hydroxylation sites is 1. The molecular formula is C14H18Cl2N2. The van der Waals surface area contributed by atoms with Gasteiger partial charge in [0.05, 0.1) is 21.9 Å². The van der Waals surface area contributed by atoms with Crippen LogP contribution in [0.5, 0.6) is 0 Å². The number of fused-ring (bicyclic) bond motifs is 1. The van der Waals surface area contributed by atoms with Gasteiger partial charge in [0.2, 0.25) is 0 Å². The Morgan fingerprint density at radius 3 is 2.61 bits per heavy atom. The van der Waals surface area contributed by atoms with E-state index in [9.17, 15) is 0 Å². The highest BCUT2D eigenvalue weighted by molar-refractivity contribution is 6.35. The maximum atomic E-state index is 6.30. The molecule has 0 spiro atoms. The molecule has 0 aliphatic heterocycles. The summed E-state index contributed by atoms with van der Waals surface area (Å²) in [6.45, 7) is 5.37. The molecule has 1 aromatic heterocycles. The molecule has 0 N–H and O–H groups in total. The molecule has 1 aromatic carbocycles. The standard InChI is InChI=1S/C14H18Cl2N2/c1-3-10(4-2)9-18-13(8-15)17-12-7-5-6-11(16)14(12)18/h5-7,10H,3-4,8-9H2,1-2H3. The van der Waals surface area contributed by atoms with Crippen LogP contribution in [0.25, 0.3) is 11.0 Å². The number of rotatable bonds is 5. The summed E-state index contributed by atoms with van der Waals surface area (Å²) in [5.74, 6) is 1.97. The van der Waals surface area contributed by atoms with E-state index in [4.69, 9.17) is 23.2 Å². The first-order valence-electron chi connectivity index (χ1n) is 6.40. The lowest BCUT2D eigenvalue weighted by atomic mass is 10.0. The summed E-state index contributed by atoms with van der Waals surface area (Å²) in [6.07, 6.45) is 2.31. The fourth-order valence-electron chi connectivity index (χ4n) is 2.29. The Labute approximate surface area is 118 Å². The normalized spacial score (nSPS) is 11.6. The molecule has 1 heterocycles. The molecule has 2 nitrogen and oxygen atoms in total. The second-order valence-corrected chi connectivity index (χ2v) is 5.24. The first kappa shape index (κ1) is 13.7. The van der Waals surface area contributed by atoms with Crippen LogP contribution in [0.1, 0.15) is 32.5 Å². The topological polar surface area (TPSA) is 17.8 Å². The van der Waals surface area contributed by atoms with Gasteiger partial charge in [0.25, 0.3) is 0 Å². The van der Waals surface area contributed by atoms with Crippen LogP contribution in [-0.4, -0.2) is 9.55 Å². The van der Waals surface area contributed by atoms with E-state index >= 15 is 0 Å². The summed E-state index contributed by atoms with van der Waals surface area (Å²) >= 11 is 12.3. The molecule has 0 saturated carbocycles. The lowest BCUT2D eigenvalue weighted by molar-refractivity contribution is 0.419. The fourth-order valence-corrected chi connectivity index (χ4v) is 2.77. The minimum atomic E-state index is 0.422. The van der Waals surface area contributed by atoms with Crippen molar-refractivity contribution in [2.24, 2.45) is 5.92 Å². The van der Waals surface area contributed by atoms with E-state index in [0.29, 0.717) is 11.8 Å². The molecule has 2 rings (SSSR count). The second-order valence-electron chi connectivity index (χ2n) is 4.56. The average Bonchev–Trinajstić information content (AvgIpc) is 2.75. The van der Waals surface area contributed by atoms with Crippen molar-refractivity contribution in [2.75, 3.05) is 0 Å². The number of imidazole rings is 1. The zero-order valence-corrected chi connectivity index (χ0v) is 12.3. The van der Waals surface area contributed by atoms with Gasteiger partial charge in [-0.2, -0.15) is 0 Å². The van der Waals surface area contributed by atoms with Gasteiger partial charge in [-0.3, -0.25) is 0 Å². The lowest BCUT2D eigenvalue weighted by Gasteiger charge is -2.16. The third kappa shape index (κ3) is 2.50. The number of aromatic nitrogens is 2. The molecule has 0 fully saturated rings. The molecule has 0 unspecified atom stereocenters. The zero-order chi connectivity index (χ0) is 13.1. The maximum Gasteiger partial charge on any atom is 0.124 e. The van der Waals surface area contributed by atoms with Crippen LogP contribution >= 0.6 is 23.2 Å². The van der Waals surface area contributed by atoms with E-state index in [2.05, 4.69) is 23.4 Å². The van der Waals surface area contributed by atoms with Crippen LogP contribution in [-0.2, 0) is 12.4 Å². The van der Waals surface area contributed by atoms with Crippen molar-refractivity contribution in [1.29, 1.82) is 0 Å². The van der Waals surface area contributed by atoms with Gasteiger partial charge in [-0.05, 0) is 18.1 Å². The molecule has 0 amide bonds. The largest absolute Gasteiger partial charge is 0.325 e. The van der Waals surface area contributed by atoms with Gasteiger partial charge < -0.3 is 4.57 Å². The van der Waals surface area contributed by atoms with E-state index in [1.165, 1.54) is 0 Å².